The first kappa shape index (κ1) is 29.3. The molecule has 1 fully saturated rings. The second-order valence-electron chi connectivity index (χ2n) is 10.1. The molecule has 1 aliphatic carbocycles. The molecule has 3 aromatic carbocycles. The van der Waals surface area contributed by atoms with Crippen LogP contribution in [-0.4, -0.2) is 57.1 Å². The molecule has 1 aliphatic rings. The van der Waals surface area contributed by atoms with Crippen molar-refractivity contribution in [2.24, 2.45) is 0 Å². The zero-order chi connectivity index (χ0) is 29.4. The molecule has 2 N–H and O–H groups in total. The summed E-state index contributed by atoms with van der Waals surface area (Å²) in [6, 6.07) is 21.4. The summed E-state index contributed by atoms with van der Waals surface area (Å²) in [5, 5.41) is 16.3. The fourth-order valence-corrected chi connectivity index (χ4v) is 5.17. The van der Waals surface area contributed by atoms with Crippen LogP contribution in [0.1, 0.15) is 36.0 Å². The van der Waals surface area contributed by atoms with Crippen molar-refractivity contribution in [2.75, 3.05) is 37.5 Å². The molecule has 4 amide bonds. The molecule has 41 heavy (non-hydrogen) atoms. The van der Waals surface area contributed by atoms with Crippen LogP contribution in [0, 0.1) is 0 Å². The van der Waals surface area contributed by atoms with E-state index in [9.17, 15) is 24.3 Å². The van der Waals surface area contributed by atoms with Crippen LogP contribution < -0.4 is 29.9 Å². The quantitative estimate of drug-likeness (QED) is 0.368. The molecule has 0 aromatic heterocycles. The van der Waals surface area contributed by atoms with Gasteiger partial charge in [-0.15, -0.1) is 0 Å². The number of amides is 4. The van der Waals surface area contributed by atoms with Gasteiger partial charge in [0.25, 0.3) is 5.91 Å². The van der Waals surface area contributed by atoms with Crippen LogP contribution in [0.4, 0.5) is 21.9 Å². The summed E-state index contributed by atoms with van der Waals surface area (Å²) >= 11 is 0. The number of rotatable bonds is 10. The van der Waals surface area contributed by atoms with Crippen LogP contribution >= 0.6 is 0 Å². The molecule has 1 atom stereocenters. The number of anilines is 2. The van der Waals surface area contributed by atoms with E-state index in [4.69, 9.17) is 4.74 Å². The van der Waals surface area contributed by atoms with Crippen molar-refractivity contribution >= 4 is 40.9 Å². The lowest BCUT2D eigenvalue weighted by atomic mass is 10.1. The van der Waals surface area contributed by atoms with Gasteiger partial charge < -0.3 is 30.2 Å². The number of aromatic carboxylic acids is 1. The van der Waals surface area contributed by atoms with Crippen molar-refractivity contribution < 1.29 is 29.0 Å². The van der Waals surface area contributed by atoms with Crippen LogP contribution in [0.2, 0.25) is 0 Å². The molecular formula is C31H34N4O6. The Morgan fingerprint density at radius 2 is 1.63 bits per heavy atom. The number of hydrogen-bond acceptors (Lipinski definition) is 6. The van der Waals surface area contributed by atoms with E-state index in [0.29, 0.717) is 11.4 Å². The molecule has 10 heteroatoms. The number of hydrogen-bond donors (Lipinski definition) is 2. The van der Waals surface area contributed by atoms with E-state index in [1.165, 1.54) is 29.2 Å². The minimum atomic E-state index is -1.36. The van der Waals surface area contributed by atoms with E-state index >= 15 is 0 Å². The Labute approximate surface area is 239 Å². The Bertz CT molecular complexity index is 1410. The van der Waals surface area contributed by atoms with Crippen molar-refractivity contribution in [1.82, 2.24) is 9.80 Å². The number of benzene rings is 3. The molecule has 0 bridgehead atoms. The smallest absolute Gasteiger partial charge is 0.338 e. The van der Waals surface area contributed by atoms with Crippen LogP contribution in [0.3, 0.4) is 0 Å². The lowest BCUT2D eigenvalue weighted by molar-refractivity contribution is -0.255. The second kappa shape index (κ2) is 13.1. The highest BCUT2D eigenvalue weighted by Gasteiger charge is 2.45. The van der Waals surface area contributed by atoms with E-state index in [2.05, 4.69) is 10.6 Å². The number of carboxylic acids is 1. The van der Waals surface area contributed by atoms with Gasteiger partial charge in [0, 0.05) is 37.3 Å². The average Bonchev–Trinajstić information content (AvgIpc) is 3.54. The molecular weight excluding hydrogens is 524 g/mol. The standard InChI is InChI=1S/C31H34N4O6/c1-34(24-13-4-3-5-14-24)28(36)21-41-27-18-9-8-17-26(27)35(2,25-15-6-7-16-25)29(37)20-32-31(40)33-23-12-10-11-22(19-23)30(38)39/h3-5,8-14,17-19,25H,6-7,15-16,20-21H2,1-2H3,(H2-,32,33,38,39,40). The minimum absolute atomic E-state index is 0.0282. The lowest BCUT2D eigenvalue weighted by Crippen LogP contribution is -2.60. The fourth-order valence-electron chi connectivity index (χ4n) is 5.17. The molecule has 10 nitrogen and oxygen atoms in total. The largest absolute Gasteiger partial charge is 0.545 e. The van der Waals surface area contributed by atoms with Gasteiger partial charge >= 0.3 is 11.9 Å². The summed E-state index contributed by atoms with van der Waals surface area (Å²) in [5.74, 6) is -1.43. The summed E-state index contributed by atoms with van der Waals surface area (Å²) in [5.41, 5.74) is 1.54. The third-order valence-corrected chi connectivity index (χ3v) is 7.56. The number of ether oxygens (including phenoxy) is 1. The number of carboxylic acid groups (broad SMARTS) is 1. The molecule has 0 spiro atoms. The number of para-hydroxylation sites is 3. The molecule has 1 saturated carbocycles. The highest BCUT2D eigenvalue weighted by Crippen LogP contribution is 2.39. The van der Waals surface area contributed by atoms with Crippen molar-refractivity contribution in [3.05, 3.63) is 84.4 Å². The van der Waals surface area contributed by atoms with E-state index in [1.54, 1.807) is 19.2 Å². The normalized spacial score (nSPS) is 14.5. The number of quaternary nitrogens is 1. The first-order valence-corrected chi connectivity index (χ1v) is 13.5. The third kappa shape index (κ3) is 6.90. The number of urea groups is 1. The van der Waals surface area contributed by atoms with E-state index in [1.807, 2.05) is 49.5 Å². The van der Waals surface area contributed by atoms with Gasteiger partial charge in [-0.3, -0.25) is 4.79 Å². The molecule has 4 rings (SSSR count). The van der Waals surface area contributed by atoms with Gasteiger partial charge in [0.15, 0.2) is 18.0 Å². The number of carbonyl (C=O) groups is 4. The molecule has 214 valence electrons. The highest BCUT2D eigenvalue weighted by molar-refractivity contribution is 5.97. The average molecular weight is 559 g/mol. The topological polar surface area (TPSA) is 128 Å². The maximum atomic E-state index is 13.8. The first-order valence-electron chi connectivity index (χ1n) is 13.5. The van der Waals surface area contributed by atoms with Gasteiger partial charge in [0.05, 0.1) is 13.0 Å². The maximum Gasteiger partial charge on any atom is 0.338 e. The summed E-state index contributed by atoms with van der Waals surface area (Å²) in [6.07, 6.45) is 3.62. The highest BCUT2D eigenvalue weighted by atomic mass is 16.5. The fraction of sp³-hybridized carbons (Fsp3) is 0.290. The lowest BCUT2D eigenvalue weighted by Gasteiger charge is -2.37. The zero-order valence-electron chi connectivity index (χ0n) is 23.2. The molecule has 1 unspecified atom stereocenters. The predicted octanol–water partition coefficient (Wildman–Crippen LogP) is 3.32. The number of nitrogens with one attached hydrogen (secondary N) is 2. The van der Waals surface area contributed by atoms with Gasteiger partial charge in [-0.05, 0) is 48.7 Å². The third-order valence-electron chi connectivity index (χ3n) is 7.56. The number of carbonyl (C=O) groups excluding carboxylic acids is 4. The van der Waals surface area contributed by atoms with Crippen LogP contribution in [0.25, 0.3) is 0 Å². The van der Waals surface area contributed by atoms with E-state index in [-0.39, 0.29) is 46.7 Å². The van der Waals surface area contributed by atoms with E-state index < -0.39 is 12.0 Å². The predicted molar refractivity (Wildman–Crippen MR) is 155 cm³/mol. The van der Waals surface area contributed by atoms with Crippen LogP contribution in [0.15, 0.2) is 78.9 Å². The monoisotopic (exact) mass is 558 g/mol. The van der Waals surface area contributed by atoms with Gasteiger partial charge in [-0.25, -0.2) is 14.1 Å². The summed E-state index contributed by atoms with van der Waals surface area (Å²) in [4.78, 5) is 52.0. The minimum Gasteiger partial charge on any atom is -0.545 e. The Balaban J connectivity index is 1.49. The SMILES string of the molecule is CN(C(=O)COc1ccccc1[N+](C)(C(=O)CNC(=O)Nc1cccc(C(=O)[O-])c1)C1CCCC1)c1ccccc1. The van der Waals surface area contributed by atoms with Crippen molar-refractivity contribution in [3.8, 4) is 5.75 Å². The van der Waals surface area contributed by atoms with E-state index in [0.717, 1.165) is 31.4 Å². The molecule has 0 radical (unpaired) electrons. The Kier molecular flexibility index (Phi) is 9.36. The van der Waals surface area contributed by atoms with Gasteiger partial charge in [-0.2, -0.15) is 0 Å². The van der Waals surface area contributed by atoms with Crippen molar-refractivity contribution in [3.63, 3.8) is 0 Å². The zero-order valence-corrected chi connectivity index (χ0v) is 23.2. The van der Waals surface area contributed by atoms with Crippen LogP contribution in [-0.2, 0) is 9.59 Å². The number of nitrogens with zero attached hydrogens (tertiary/aromatic N) is 2. The first-order chi connectivity index (χ1) is 19.7. The van der Waals surface area contributed by atoms with Gasteiger partial charge in [0.1, 0.15) is 12.6 Å². The second-order valence-corrected chi connectivity index (χ2v) is 10.1. The summed E-state index contributed by atoms with van der Waals surface area (Å²) in [6.45, 7) is -0.490. The summed E-state index contributed by atoms with van der Waals surface area (Å²) in [7, 11) is 3.50. The van der Waals surface area contributed by atoms with Crippen LogP contribution in [0.5, 0.6) is 5.75 Å². The Morgan fingerprint density at radius 3 is 2.34 bits per heavy atom. The molecule has 3 aromatic rings. The van der Waals surface area contributed by atoms with Crippen molar-refractivity contribution in [2.45, 2.75) is 31.7 Å². The summed E-state index contributed by atoms with van der Waals surface area (Å²) < 4.78 is 5.92. The maximum absolute atomic E-state index is 13.8. The molecule has 0 aliphatic heterocycles. The number of likely N-dealkylation sites (N-methyl/N-ethyl adjacent to an activating group) is 2. The Hall–Kier alpha value is -4.70. The Morgan fingerprint density at radius 1 is 0.951 bits per heavy atom. The van der Waals surface area contributed by atoms with Gasteiger partial charge in [0.2, 0.25) is 0 Å². The van der Waals surface area contributed by atoms with Gasteiger partial charge in [-0.1, -0.05) is 42.5 Å². The molecule has 0 heterocycles. The molecule has 0 saturated heterocycles. The van der Waals surface area contributed by atoms with Crippen molar-refractivity contribution in [1.29, 1.82) is 0 Å².